The Kier molecular flexibility index (Phi) is 2.08. The van der Waals surface area contributed by atoms with Gasteiger partial charge in [-0.1, -0.05) is 13.0 Å². The number of aryl methyl sites for hydroxylation is 1. The predicted octanol–water partition coefficient (Wildman–Crippen LogP) is 2.97. The summed E-state index contributed by atoms with van der Waals surface area (Å²) in [4.78, 5) is 0. The molecule has 0 spiro atoms. The summed E-state index contributed by atoms with van der Waals surface area (Å²) in [7, 11) is 0. The fraction of sp³-hybridized carbons (Fsp3) is 0.538. The van der Waals surface area contributed by atoms with E-state index < -0.39 is 0 Å². The van der Waals surface area contributed by atoms with Crippen molar-refractivity contribution >= 4 is 5.69 Å². The Morgan fingerprint density at radius 2 is 2.33 bits per heavy atom. The molecule has 1 aliphatic heterocycles. The Labute approximate surface area is 90.6 Å². The summed E-state index contributed by atoms with van der Waals surface area (Å²) in [6.07, 6.45) is 5.23. The molecule has 1 fully saturated rings. The number of hydrogen-bond donors (Lipinski definition) is 1. The summed E-state index contributed by atoms with van der Waals surface area (Å²) < 4.78 is 5.99. The summed E-state index contributed by atoms with van der Waals surface area (Å²) in [6, 6.07) is 7.04. The third-order valence-electron chi connectivity index (χ3n) is 3.52. The maximum Gasteiger partial charge on any atom is 0.142 e. The van der Waals surface area contributed by atoms with Crippen LogP contribution in [0.3, 0.4) is 0 Å². The van der Waals surface area contributed by atoms with Crippen LogP contribution in [0.15, 0.2) is 18.2 Å². The first-order chi connectivity index (χ1) is 7.36. The second-order valence-electron chi connectivity index (χ2n) is 4.52. The molecule has 2 heteroatoms. The average molecular weight is 203 g/mol. The Bertz CT molecular complexity index is 375. The summed E-state index contributed by atoms with van der Waals surface area (Å²) in [5.41, 5.74) is 2.57. The zero-order chi connectivity index (χ0) is 10.3. The van der Waals surface area contributed by atoms with Crippen LogP contribution in [0.1, 0.15) is 31.7 Å². The third-order valence-corrected chi connectivity index (χ3v) is 3.52. The zero-order valence-corrected chi connectivity index (χ0v) is 9.12. The van der Waals surface area contributed by atoms with Crippen LogP contribution >= 0.6 is 0 Å². The lowest BCUT2D eigenvalue weighted by Crippen LogP contribution is -2.36. The van der Waals surface area contributed by atoms with Crippen molar-refractivity contribution in [2.45, 2.75) is 44.8 Å². The molecular formula is C13H17NO. The first-order valence-corrected chi connectivity index (χ1v) is 5.93. The molecule has 0 amide bonds. The van der Waals surface area contributed by atoms with Crippen molar-refractivity contribution in [2.24, 2.45) is 0 Å². The van der Waals surface area contributed by atoms with Gasteiger partial charge in [0.05, 0.1) is 11.7 Å². The number of fused-ring (bicyclic) bond motifs is 2. The van der Waals surface area contributed by atoms with Crippen molar-refractivity contribution in [2.75, 3.05) is 5.32 Å². The Morgan fingerprint density at radius 3 is 3.20 bits per heavy atom. The van der Waals surface area contributed by atoms with Gasteiger partial charge in [0.15, 0.2) is 0 Å². The topological polar surface area (TPSA) is 21.3 Å². The highest BCUT2D eigenvalue weighted by Crippen LogP contribution is 2.37. The Hall–Kier alpha value is -1.18. The average Bonchev–Trinajstić information content (AvgIpc) is 2.72. The van der Waals surface area contributed by atoms with Crippen LogP contribution in [0.4, 0.5) is 5.69 Å². The zero-order valence-electron chi connectivity index (χ0n) is 9.12. The molecule has 0 aromatic heterocycles. The van der Waals surface area contributed by atoms with Crippen LogP contribution in [0.25, 0.3) is 0 Å². The second-order valence-corrected chi connectivity index (χ2v) is 4.52. The van der Waals surface area contributed by atoms with Crippen LogP contribution in [0.5, 0.6) is 5.75 Å². The number of ether oxygens (including phenoxy) is 1. The first kappa shape index (κ1) is 9.08. The third kappa shape index (κ3) is 1.48. The van der Waals surface area contributed by atoms with Crippen LogP contribution in [0.2, 0.25) is 0 Å². The van der Waals surface area contributed by atoms with Gasteiger partial charge in [0.25, 0.3) is 0 Å². The predicted molar refractivity (Wildman–Crippen MR) is 61.5 cm³/mol. The molecule has 0 radical (unpaired) electrons. The van der Waals surface area contributed by atoms with E-state index in [-0.39, 0.29) is 0 Å². The van der Waals surface area contributed by atoms with E-state index in [1.165, 1.54) is 30.5 Å². The minimum Gasteiger partial charge on any atom is -0.486 e. The van der Waals surface area contributed by atoms with E-state index in [1.54, 1.807) is 0 Å². The smallest absolute Gasteiger partial charge is 0.142 e. The van der Waals surface area contributed by atoms with Crippen LogP contribution < -0.4 is 10.1 Å². The number of benzene rings is 1. The number of hydrogen-bond acceptors (Lipinski definition) is 2. The maximum atomic E-state index is 5.99. The van der Waals surface area contributed by atoms with Gasteiger partial charge in [-0.25, -0.2) is 0 Å². The van der Waals surface area contributed by atoms with Gasteiger partial charge >= 0.3 is 0 Å². The molecule has 1 N–H and O–H groups in total. The lowest BCUT2D eigenvalue weighted by atomic mass is 10.1. The van der Waals surface area contributed by atoms with Crippen LogP contribution in [-0.4, -0.2) is 12.1 Å². The van der Waals surface area contributed by atoms with Gasteiger partial charge in [-0.15, -0.1) is 0 Å². The molecule has 1 aromatic carbocycles. The van der Waals surface area contributed by atoms with Crippen molar-refractivity contribution in [3.05, 3.63) is 23.8 Å². The van der Waals surface area contributed by atoms with Gasteiger partial charge in [0, 0.05) is 0 Å². The number of anilines is 1. The normalized spacial score (nSPS) is 27.5. The van der Waals surface area contributed by atoms with Crippen molar-refractivity contribution in [3.63, 3.8) is 0 Å². The van der Waals surface area contributed by atoms with Crippen molar-refractivity contribution in [3.8, 4) is 5.75 Å². The standard InChI is InChI=1S/C13H17NO/c1-2-9-6-7-13-11(8-9)14-10-4-3-5-12(10)15-13/h6-8,10,12,14H,2-5H2,1H3. The molecular weight excluding hydrogens is 186 g/mol. The highest BCUT2D eigenvalue weighted by molar-refractivity contribution is 5.60. The first-order valence-electron chi connectivity index (χ1n) is 5.93. The van der Waals surface area contributed by atoms with Crippen LogP contribution in [0, 0.1) is 0 Å². The van der Waals surface area contributed by atoms with Gasteiger partial charge < -0.3 is 10.1 Å². The van der Waals surface area contributed by atoms with E-state index in [0.717, 1.165) is 12.2 Å². The number of nitrogens with one attached hydrogen (secondary N) is 1. The molecule has 0 bridgehead atoms. The van der Waals surface area contributed by atoms with Gasteiger partial charge in [0.2, 0.25) is 0 Å². The van der Waals surface area contributed by atoms with E-state index in [1.807, 2.05) is 0 Å². The molecule has 80 valence electrons. The minimum absolute atomic E-state index is 0.407. The molecule has 3 rings (SSSR count). The van der Waals surface area contributed by atoms with E-state index in [0.29, 0.717) is 12.1 Å². The summed E-state index contributed by atoms with van der Waals surface area (Å²) >= 11 is 0. The van der Waals surface area contributed by atoms with Gasteiger partial charge in [0.1, 0.15) is 11.9 Å². The summed E-state index contributed by atoms with van der Waals surface area (Å²) in [5, 5.41) is 3.61. The van der Waals surface area contributed by atoms with E-state index in [2.05, 4.69) is 30.4 Å². The minimum atomic E-state index is 0.407. The number of rotatable bonds is 1. The molecule has 1 aliphatic carbocycles. The fourth-order valence-corrected chi connectivity index (χ4v) is 2.61. The summed E-state index contributed by atoms with van der Waals surface area (Å²) in [6.45, 7) is 2.18. The second kappa shape index (κ2) is 3.44. The fourth-order valence-electron chi connectivity index (χ4n) is 2.61. The van der Waals surface area contributed by atoms with E-state index in [4.69, 9.17) is 4.74 Å². The monoisotopic (exact) mass is 203 g/mol. The Balaban J connectivity index is 1.93. The Morgan fingerprint density at radius 1 is 1.40 bits per heavy atom. The van der Waals surface area contributed by atoms with Gasteiger partial charge in [-0.2, -0.15) is 0 Å². The quantitative estimate of drug-likeness (QED) is 0.757. The molecule has 2 nitrogen and oxygen atoms in total. The highest BCUT2D eigenvalue weighted by Gasteiger charge is 2.33. The van der Waals surface area contributed by atoms with E-state index >= 15 is 0 Å². The largest absolute Gasteiger partial charge is 0.486 e. The molecule has 2 atom stereocenters. The van der Waals surface area contributed by atoms with Gasteiger partial charge in [-0.05, 0) is 43.4 Å². The van der Waals surface area contributed by atoms with Crippen molar-refractivity contribution in [1.29, 1.82) is 0 Å². The van der Waals surface area contributed by atoms with E-state index in [9.17, 15) is 0 Å². The molecule has 1 aromatic rings. The van der Waals surface area contributed by atoms with Crippen molar-refractivity contribution < 1.29 is 4.74 Å². The highest BCUT2D eigenvalue weighted by atomic mass is 16.5. The maximum absolute atomic E-state index is 5.99. The van der Waals surface area contributed by atoms with Gasteiger partial charge in [-0.3, -0.25) is 0 Å². The molecule has 1 saturated carbocycles. The van der Waals surface area contributed by atoms with Crippen LogP contribution in [-0.2, 0) is 6.42 Å². The molecule has 15 heavy (non-hydrogen) atoms. The molecule has 2 unspecified atom stereocenters. The SMILES string of the molecule is CCc1ccc2c(c1)NC1CCCC1O2. The lowest BCUT2D eigenvalue weighted by molar-refractivity contribution is 0.188. The molecule has 0 saturated heterocycles. The van der Waals surface area contributed by atoms with Crippen molar-refractivity contribution in [1.82, 2.24) is 0 Å². The molecule has 1 heterocycles. The lowest BCUT2D eigenvalue weighted by Gasteiger charge is -2.30. The molecule has 2 aliphatic rings. The summed E-state index contributed by atoms with van der Waals surface area (Å²) in [5.74, 6) is 1.04.